The number of allylic oxidation sites excluding steroid dienone is 2. The highest BCUT2D eigenvalue weighted by atomic mass is 16.4. The maximum absolute atomic E-state index is 11.6. The summed E-state index contributed by atoms with van der Waals surface area (Å²) >= 11 is 0. The van der Waals surface area contributed by atoms with Crippen molar-refractivity contribution in [2.24, 2.45) is 0 Å². The zero-order chi connectivity index (χ0) is 14.6. The van der Waals surface area contributed by atoms with Crippen LogP contribution in [0.2, 0.25) is 0 Å². The van der Waals surface area contributed by atoms with Crippen LogP contribution in [0.25, 0.3) is 0 Å². The van der Waals surface area contributed by atoms with E-state index in [1.54, 1.807) is 12.2 Å². The predicted molar refractivity (Wildman–Crippen MR) is 80.4 cm³/mol. The molecule has 0 fully saturated rings. The van der Waals surface area contributed by atoms with Gasteiger partial charge in [0.05, 0.1) is 11.1 Å². The Labute approximate surface area is 120 Å². The fourth-order valence-electron chi connectivity index (χ4n) is 2.68. The number of carboxylic acids is 1. The molecule has 0 saturated carbocycles. The van der Waals surface area contributed by atoms with Gasteiger partial charge in [-0.15, -0.1) is 0 Å². The number of rotatable bonds is 5. The predicted octanol–water partition coefficient (Wildman–Crippen LogP) is 3.51. The van der Waals surface area contributed by atoms with Gasteiger partial charge in [-0.05, 0) is 37.3 Å². The highest BCUT2D eigenvalue weighted by molar-refractivity contribution is 5.90. The SMILES string of the molecule is CCCCC1(c2ccc(C)cc2)NC=CC=C1C(=O)O. The monoisotopic (exact) mass is 271 g/mol. The Balaban J connectivity index is 2.50. The summed E-state index contributed by atoms with van der Waals surface area (Å²) < 4.78 is 0. The molecule has 3 heteroatoms. The van der Waals surface area contributed by atoms with Crippen molar-refractivity contribution in [3.05, 3.63) is 59.3 Å². The highest BCUT2D eigenvalue weighted by Crippen LogP contribution is 2.36. The number of hydrogen-bond donors (Lipinski definition) is 2. The Hall–Kier alpha value is -2.03. The largest absolute Gasteiger partial charge is 0.478 e. The van der Waals surface area contributed by atoms with Crippen LogP contribution in [-0.2, 0) is 10.3 Å². The lowest BCUT2D eigenvalue weighted by Gasteiger charge is -2.37. The van der Waals surface area contributed by atoms with Crippen LogP contribution in [0.5, 0.6) is 0 Å². The first kappa shape index (κ1) is 14.4. The average Bonchev–Trinajstić information content (AvgIpc) is 2.46. The lowest BCUT2D eigenvalue weighted by atomic mass is 9.77. The molecule has 1 aliphatic heterocycles. The summed E-state index contributed by atoms with van der Waals surface area (Å²) in [5, 5.41) is 12.9. The summed E-state index contributed by atoms with van der Waals surface area (Å²) in [6.07, 6.45) is 8.07. The topological polar surface area (TPSA) is 49.3 Å². The van der Waals surface area contributed by atoms with Gasteiger partial charge in [-0.25, -0.2) is 4.79 Å². The second-order valence-electron chi connectivity index (χ2n) is 5.26. The molecule has 3 nitrogen and oxygen atoms in total. The number of unbranched alkanes of at least 4 members (excludes halogenated alkanes) is 1. The van der Waals surface area contributed by atoms with E-state index in [0.29, 0.717) is 5.57 Å². The number of dihydropyridines is 1. The van der Waals surface area contributed by atoms with E-state index in [9.17, 15) is 9.90 Å². The van der Waals surface area contributed by atoms with Crippen LogP contribution in [0, 0.1) is 6.92 Å². The summed E-state index contributed by atoms with van der Waals surface area (Å²) in [5.41, 5.74) is 1.98. The lowest BCUT2D eigenvalue weighted by Crippen LogP contribution is -2.45. The summed E-state index contributed by atoms with van der Waals surface area (Å²) in [5.74, 6) is -0.862. The van der Waals surface area contributed by atoms with Crippen LogP contribution in [0.4, 0.5) is 0 Å². The average molecular weight is 271 g/mol. The molecular formula is C17H21NO2. The minimum absolute atomic E-state index is 0.414. The van der Waals surface area contributed by atoms with Crippen LogP contribution in [0.1, 0.15) is 37.3 Å². The lowest BCUT2D eigenvalue weighted by molar-refractivity contribution is -0.133. The van der Waals surface area contributed by atoms with Crippen LogP contribution in [-0.4, -0.2) is 11.1 Å². The molecule has 2 N–H and O–H groups in total. The second kappa shape index (κ2) is 5.95. The van der Waals surface area contributed by atoms with Crippen LogP contribution in [0.3, 0.4) is 0 Å². The minimum atomic E-state index is -0.862. The van der Waals surface area contributed by atoms with E-state index in [1.165, 1.54) is 5.56 Å². The third-order valence-electron chi connectivity index (χ3n) is 3.83. The smallest absolute Gasteiger partial charge is 0.334 e. The number of benzene rings is 1. The van der Waals surface area contributed by atoms with E-state index >= 15 is 0 Å². The molecule has 20 heavy (non-hydrogen) atoms. The van der Waals surface area contributed by atoms with Gasteiger partial charge in [0.1, 0.15) is 0 Å². The third kappa shape index (κ3) is 2.62. The molecule has 106 valence electrons. The third-order valence-corrected chi connectivity index (χ3v) is 3.83. The van der Waals surface area contributed by atoms with Gasteiger partial charge in [0.15, 0.2) is 0 Å². The maximum atomic E-state index is 11.6. The molecule has 0 aromatic heterocycles. The van der Waals surface area contributed by atoms with Gasteiger partial charge in [0.2, 0.25) is 0 Å². The van der Waals surface area contributed by atoms with E-state index in [1.807, 2.05) is 37.4 Å². The van der Waals surface area contributed by atoms with Crippen molar-refractivity contribution in [1.82, 2.24) is 5.32 Å². The standard InChI is InChI=1S/C17H21NO2/c1-3-4-11-17(14-9-7-13(2)8-10-14)15(16(19)20)6-5-12-18-17/h5-10,12,18H,3-4,11H2,1-2H3,(H,19,20). The molecule has 1 aromatic carbocycles. The van der Waals surface area contributed by atoms with E-state index < -0.39 is 11.5 Å². The van der Waals surface area contributed by atoms with Gasteiger partial charge in [-0.3, -0.25) is 0 Å². The molecule has 1 heterocycles. The minimum Gasteiger partial charge on any atom is -0.478 e. The van der Waals surface area contributed by atoms with Gasteiger partial charge >= 0.3 is 5.97 Å². The number of nitrogens with one attached hydrogen (secondary N) is 1. The Morgan fingerprint density at radius 1 is 1.30 bits per heavy atom. The normalized spacial score (nSPS) is 21.2. The van der Waals surface area contributed by atoms with Crippen LogP contribution >= 0.6 is 0 Å². The van der Waals surface area contributed by atoms with Crippen molar-refractivity contribution in [2.75, 3.05) is 0 Å². The Morgan fingerprint density at radius 3 is 2.60 bits per heavy atom. The summed E-state index contributed by atoms with van der Waals surface area (Å²) in [6, 6.07) is 8.10. The van der Waals surface area contributed by atoms with E-state index in [2.05, 4.69) is 12.2 Å². The molecule has 1 aliphatic rings. The van der Waals surface area contributed by atoms with Crippen molar-refractivity contribution in [3.8, 4) is 0 Å². The highest BCUT2D eigenvalue weighted by Gasteiger charge is 2.39. The Kier molecular flexibility index (Phi) is 4.28. The fourth-order valence-corrected chi connectivity index (χ4v) is 2.68. The first-order chi connectivity index (χ1) is 9.60. The van der Waals surface area contributed by atoms with Gasteiger partial charge in [0.25, 0.3) is 0 Å². The van der Waals surface area contributed by atoms with E-state index in [4.69, 9.17) is 0 Å². The first-order valence-corrected chi connectivity index (χ1v) is 7.05. The zero-order valence-electron chi connectivity index (χ0n) is 12.0. The van der Waals surface area contributed by atoms with Crippen LogP contribution in [0.15, 0.2) is 48.2 Å². The number of aryl methyl sites for hydroxylation is 1. The second-order valence-corrected chi connectivity index (χ2v) is 5.26. The summed E-state index contributed by atoms with van der Waals surface area (Å²) in [4.78, 5) is 11.6. The number of hydrogen-bond acceptors (Lipinski definition) is 2. The van der Waals surface area contributed by atoms with Gasteiger partial charge in [-0.1, -0.05) is 49.6 Å². The molecular weight excluding hydrogens is 250 g/mol. The molecule has 0 radical (unpaired) electrons. The molecule has 0 bridgehead atoms. The molecule has 2 rings (SSSR count). The van der Waals surface area contributed by atoms with Crippen molar-refractivity contribution < 1.29 is 9.90 Å². The molecule has 0 spiro atoms. The molecule has 1 aromatic rings. The fraction of sp³-hybridized carbons (Fsp3) is 0.353. The number of carboxylic acid groups (broad SMARTS) is 1. The molecule has 1 unspecified atom stereocenters. The van der Waals surface area contributed by atoms with E-state index in [0.717, 1.165) is 24.8 Å². The maximum Gasteiger partial charge on any atom is 0.334 e. The zero-order valence-corrected chi connectivity index (χ0v) is 12.0. The molecule has 0 saturated heterocycles. The summed E-state index contributed by atoms with van der Waals surface area (Å²) in [6.45, 7) is 4.15. The number of aliphatic carboxylic acids is 1. The molecule has 0 amide bonds. The van der Waals surface area contributed by atoms with Gasteiger partial charge in [-0.2, -0.15) is 0 Å². The Bertz CT molecular complexity index is 543. The van der Waals surface area contributed by atoms with Crippen molar-refractivity contribution in [1.29, 1.82) is 0 Å². The quantitative estimate of drug-likeness (QED) is 0.861. The van der Waals surface area contributed by atoms with Crippen LogP contribution < -0.4 is 5.32 Å². The van der Waals surface area contributed by atoms with Crippen molar-refractivity contribution >= 4 is 5.97 Å². The van der Waals surface area contributed by atoms with Gasteiger partial charge < -0.3 is 10.4 Å². The van der Waals surface area contributed by atoms with Gasteiger partial charge in [0, 0.05) is 0 Å². The molecule has 0 aliphatic carbocycles. The van der Waals surface area contributed by atoms with E-state index in [-0.39, 0.29) is 0 Å². The summed E-state index contributed by atoms with van der Waals surface area (Å²) in [7, 11) is 0. The van der Waals surface area contributed by atoms with Crippen molar-refractivity contribution in [2.45, 2.75) is 38.6 Å². The Morgan fingerprint density at radius 2 is 2.00 bits per heavy atom. The molecule has 1 atom stereocenters. The first-order valence-electron chi connectivity index (χ1n) is 7.05. The van der Waals surface area contributed by atoms with Crippen molar-refractivity contribution in [3.63, 3.8) is 0 Å². The number of carbonyl (C=O) groups is 1.